The van der Waals surface area contributed by atoms with E-state index in [4.69, 9.17) is 4.74 Å². The van der Waals surface area contributed by atoms with Crippen LogP contribution in [0.15, 0.2) is 29.7 Å². The third-order valence-corrected chi connectivity index (χ3v) is 3.89. The number of rotatable bonds is 4. The van der Waals surface area contributed by atoms with Gasteiger partial charge in [0.2, 0.25) is 0 Å². The van der Waals surface area contributed by atoms with Crippen LogP contribution in [0.1, 0.15) is 16.1 Å². The fraction of sp³-hybridized carbons (Fsp3) is 0.267. The molecule has 1 aliphatic heterocycles. The van der Waals surface area contributed by atoms with Gasteiger partial charge in [-0.25, -0.2) is 4.39 Å². The van der Waals surface area contributed by atoms with E-state index in [0.717, 1.165) is 0 Å². The van der Waals surface area contributed by atoms with E-state index in [1.165, 1.54) is 23.7 Å². The first-order valence-electron chi connectivity index (χ1n) is 6.86. The molecular formula is C15H14FN3O2S. The van der Waals surface area contributed by atoms with E-state index < -0.39 is 5.82 Å². The van der Waals surface area contributed by atoms with E-state index in [-0.39, 0.29) is 11.3 Å². The summed E-state index contributed by atoms with van der Waals surface area (Å²) in [5.74, 6) is -0.900. The van der Waals surface area contributed by atoms with E-state index in [1.54, 1.807) is 23.6 Å². The second kappa shape index (κ2) is 6.76. The van der Waals surface area contributed by atoms with Crippen molar-refractivity contribution in [1.29, 1.82) is 0 Å². The number of aromatic nitrogens is 2. The van der Waals surface area contributed by atoms with Crippen LogP contribution in [-0.4, -0.2) is 41.7 Å². The van der Waals surface area contributed by atoms with Crippen molar-refractivity contribution in [2.45, 2.75) is 0 Å². The molecular weight excluding hydrogens is 305 g/mol. The van der Waals surface area contributed by atoms with Gasteiger partial charge in [-0.2, -0.15) is 0 Å². The van der Waals surface area contributed by atoms with Gasteiger partial charge in [0, 0.05) is 18.5 Å². The van der Waals surface area contributed by atoms with Crippen LogP contribution in [0.5, 0.6) is 0 Å². The van der Waals surface area contributed by atoms with Crippen LogP contribution in [-0.2, 0) is 4.74 Å². The van der Waals surface area contributed by atoms with Crippen molar-refractivity contribution in [2.24, 2.45) is 0 Å². The molecule has 0 bridgehead atoms. The molecule has 2 aromatic rings. The number of anilines is 1. The smallest absolute Gasteiger partial charge is 0.190 e. The predicted octanol–water partition coefficient (Wildman–Crippen LogP) is 2.41. The number of carbonyl (C=O) groups is 1. The highest BCUT2D eigenvalue weighted by molar-refractivity contribution is 7.03. The number of halogens is 1. The molecule has 0 saturated carbocycles. The lowest BCUT2D eigenvalue weighted by molar-refractivity contribution is 0.104. The summed E-state index contributed by atoms with van der Waals surface area (Å²) < 4.78 is 23.2. The number of allylic oxidation sites excluding steroid dienone is 1. The molecule has 0 amide bonds. The van der Waals surface area contributed by atoms with Crippen LogP contribution in [0, 0.1) is 5.82 Å². The molecule has 114 valence electrons. The number of benzene rings is 1. The molecule has 1 fully saturated rings. The Hall–Kier alpha value is -2.12. The molecule has 1 aliphatic rings. The minimum absolute atomic E-state index is 0.0869. The standard InChI is InChI=1S/C15H14FN3O2S/c16-12-2-1-3-13(19-6-8-21-9-7-19)15(12)14(20)5-4-11-10-22-18-17-11/h1-5,10H,6-9H2/b5-4+. The Bertz CT molecular complexity index is 682. The zero-order chi connectivity index (χ0) is 15.4. The van der Waals surface area contributed by atoms with Crippen molar-refractivity contribution in [3.05, 3.63) is 46.7 Å². The number of carbonyl (C=O) groups excluding carboxylic acids is 1. The maximum Gasteiger partial charge on any atom is 0.190 e. The third-order valence-electron chi connectivity index (χ3n) is 3.37. The van der Waals surface area contributed by atoms with Gasteiger partial charge in [0.25, 0.3) is 0 Å². The molecule has 0 spiro atoms. The first kappa shape index (κ1) is 14.8. The van der Waals surface area contributed by atoms with Gasteiger partial charge < -0.3 is 9.64 Å². The van der Waals surface area contributed by atoms with Gasteiger partial charge in [-0.05, 0) is 35.8 Å². The minimum Gasteiger partial charge on any atom is -0.378 e. The van der Waals surface area contributed by atoms with Gasteiger partial charge in [-0.1, -0.05) is 10.6 Å². The molecule has 22 heavy (non-hydrogen) atoms. The van der Waals surface area contributed by atoms with E-state index in [2.05, 4.69) is 9.59 Å². The Morgan fingerprint density at radius 1 is 1.36 bits per heavy atom. The highest BCUT2D eigenvalue weighted by Crippen LogP contribution is 2.25. The average Bonchev–Trinajstić information content (AvgIpc) is 3.06. The summed E-state index contributed by atoms with van der Waals surface area (Å²) in [7, 11) is 0. The van der Waals surface area contributed by atoms with E-state index in [1.807, 2.05) is 4.90 Å². The molecule has 7 heteroatoms. The van der Waals surface area contributed by atoms with Gasteiger partial charge >= 0.3 is 0 Å². The normalized spacial score (nSPS) is 15.4. The van der Waals surface area contributed by atoms with Crippen LogP contribution < -0.4 is 4.90 Å². The Labute approximate surface area is 131 Å². The number of morpholine rings is 1. The van der Waals surface area contributed by atoms with Crippen LogP contribution in [0.2, 0.25) is 0 Å². The van der Waals surface area contributed by atoms with Gasteiger partial charge in [0.15, 0.2) is 5.78 Å². The highest BCUT2D eigenvalue weighted by Gasteiger charge is 2.20. The molecule has 2 heterocycles. The van der Waals surface area contributed by atoms with Crippen LogP contribution in [0.4, 0.5) is 10.1 Å². The third kappa shape index (κ3) is 3.20. The van der Waals surface area contributed by atoms with Crippen molar-refractivity contribution in [3.8, 4) is 0 Å². The summed E-state index contributed by atoms with van der Waals surface area (Å²) in [5.41, 5.74) is 1.28. The quantitative estimate of drug-likeness (QED) is 0.640. The lowest BCUT2D eigenvalue weighted by atomic mass is 10.1. The first-order valence-corrected chi connectivity index (χ1v) is 7.70. The summed E-state index contributed by atoms with van der Waals surface area (Å²) in [6, 6.07) is 4.68. The van der Waals surface area contributed by atoms with Gasteiger partial charge in [-0.15, -0.1) is 5.10 Å². The zero-order valence-electron chi connectivity index (χ0n) is 11.7. The number of hydrogen-bond donors (Lipinski definition) is 0. The molecule has 0 radical (unpaired) electrons. The monoisotopic (exact) mass is 319 g/mol. The van der Waals surface area contributed by atoms with Crippen molar-refractivity contribution < 1.29 is 13.9 Å². The Balaban J connectivity index is 1.89. The number of ether oxygens (including phenoxy) is 1. The average molecular weight is 319 g/mol. The largest absolute Gasteiger partial charge is 0.378 e. The second-order valence-electron chi connectivity index (χ2n) is 4.76. The van der Waals surface area contributed by atoms with E-state index >= 15 is 0 Å². The minimum atomic E-state index is -0.518. The van der Waals surface area contributed by atoms with Gasteiger partial charge in [-0.3, -0.25) is 4.79 Å². The van der Waals surface area contributed by atoms with Gasteiger partial charge in [0.05, 0.1) is 30.2 Å². The number of ketones is 1. The molecule has 3 rings (SSSR count). The second-order valence-corrected chi connectivity index (χ2v) is 5.37. The summed E-state index contributed by atoms with van der Waals surface area (Å²) >= 11 is 1.20. The van der Waals surface area contributed by atoms with Crippen molar-refractivity contribution in [3.63, 3.8) is 0 Å². The molecule has 0 unspecified atom stereocenters. The zero-order valence-corrected chi connectivity index (χ0v) is 12.6. The molecule has 5 nitrogen and oxygen atoms in total. The summed E-state index contributed by atoms with van der Waals surface area (Å²) in [4.78, 5) is 14.4. The molecule has 1 saturated heterocycles. The maximum atomic E-state index is 14.2. The van der Waals surface area contributed by atoms with Crippen LogP contribution in [0.25, 0.3) is 6.08 Å². The van der Waals surface area contributed by atoms with Crippen molar-refractivity contribution >= 4 is 29.1 Å². The fourth-order valence-corrected chi connectivity index (χ4v) is 2.74. The molecule has 1 aromatic heterocycles. The molecule has 0 aliphatic carbocycles. The highest BCUT2D eigenvalue weighted by atomic mass is 32.1. The summed E-state index contributed by atoms with van der Waals surface area (Å²) in [5, 5.41) is 5.54. The van der Waals surface area contributed by atoms with Crippen LogP contribution >= 0.6 is 11.5 Å². The van der Waals surface area contributed by atoms with Crippen LogP contribution in [0.3, 0.4) is 0 Å². The molecule has 1 aromatic carbocycles. The Morgan fingerprint density at radius 2 is 2.18 bits per heavy atom. The number of hydrogen-bond acceptors (Lipinski definition) is 6. The Kier molecular flexibility index (Phi) is 4.55. The van der Waals surface area contributed by atoms with Crippen molar-refractivity contribution in [2.75, 3.05) is 31.2 Å². The topological polar surface area (TPSA) is 55.3 Å². The van der Waals surface area contributed by atoms with Gasteiger partial charge in [0.1, 0.15) is 5.82 Å². The molecule has 0 atom stereocenters. The fourth-order valence-electron chi connectivity index (χ4n) is 2.31. The number of nitrogens with zero attached hydrogens (tertiary/aromatic N) is 3. The van der Waals surface area contributed by atoms with E-state index in [9.17, 15) is 9.18 Å². The summed E-state index contributed by atoms with van der Waals surface area (Å²) in [6.07, 6.45) is 2.88. The maximum absolute atomic E-state index is 14.2. The lowest BCUT2D eigenvalue weighted by Crippen LogP contribution is -2.37. The first-order chi connectivity index (χ1) is 10.8. The summed E-state index contributed by atoms with van der Waals surface area (Å²) in [6.45, 7) is 2.43. The molecule has 0 N–H and O–H groups in total. The SMILES string of the molecule is O=C(/C=C/c1csnn1)c1c(F)cccc1N1CCOCC1. The predicted molar refractivity (Wildman–Crippen MR) is 82.7 cm³/mol. The Morgan fingerprint density at radius 3 is 2.91 bits per heavy atom. The van der Waals surface area contributed by atoms with Crippen molar-refractivity contribution in [1.82, 2.24) is 9.59 Å². The van der Waals surface area contributed by atoms with E-state index in [0.29, 0.717) is 37.7 Å². The lowest BCUT2D eigenvalue weighted by Gasteiger charge is -2.30.